The lowest BCUT2D eigenvalue weighted by Crippen LogP contribution is -2.66. The van der Waals surface area contributed by atoms with Gasteiger partial charge >= 0.3 is 6.09 Å². The van der Waals surface area contributed by atoms with Gasteiger partial charge in [-0.3, -0.25) is 14.5 Å². The molecule has 0 aromatic carbocycles. The van der Waals surface area contributed by atoms with Crippen molar-refractivity contribution in [2.24, 2.45) is 5.73 Å². The second kappa shape index (κ2) is 20.9. The molecule has 5 N–H and O–H groups in total. The maximum Gasteiger partial charge on any atom is 0.438 e. The molecule has 1 saturated heterocycles. The molecule has 0 aliphatic carbocycles. The number of hydrogen-bond donors (Lipinski definition) is 4. The predicted octanol–water partition coefficient (Wildman–Crippen LogP) is 4.49. The fourth-order valence-electron chi connectivity index (χ4n) is 5.17. The van der Waals surface area contributed by atoms with E-state index in [2.05, 4.69) is 12.2 Å². The van der Waals surface area contributed by atoms with Crippen LogP contribution in [-0.2, 0) is 19.4 Å². The largest absolute Gasteiger partial charge is 0.438 e. The molecule has 3 atom stereocenters. The van der Waals surface area contributed by atoms with Crippen LogP contribution in [0.25, 0.3) is 0 Å². The van der Waals surface area contributed by atoms with Crippen molar-refractivity contribution >= 4 is 17.9 Å². The van der Waals surface area contributed by atoms with E-state index < -0.39 is 36.2 Å². The minimum atomic E-state index is -2.72. The Labute approximate surface area is 235 Å². The molecule has 1 aliphatic rings. The van der Waals surface area contributed by atoms with Gasteiger partial charge in [-0.05, 0) is 32.1 Å². The van der Waals surface area contributed by atoms with Crippen molar-refractivity contribution in [2.45, 2.75) is 147 Å². The Balaban J connectivity index is 2.48. The lowest BCUT2D eigenvalue weighted by molar-refractivity contribution is -0.318. The summed E-state index contributed by atoms with van der Waals surface area (Å²) in [5.41, 5.74) is 2.73. The standard InChI is InChI=1S/C29H55N3O7/c1-3-5-6-7-8-9-10-11-12-13-14-16-20-24(19-4-2)31-28(37)38-39-29(26(30)35,25(34)23-33)27(36)32-21-17-15-18-22-32/h24-25,33-34H,3-23H2,1-2H3,(H2,30,35)(H,31,37). The third kappa shape index (κ3) is 12.9. The number of amides is 3. The number of carbonyl (C=O) groups is 3. The molecule has 1 rings (SSSR count). The summed E-state index contributed by atoms with van der Waals surface area (Å²) in [7, 11) is 0. The van der Waals surface area contributed by atoms with Crippen LogP contribution in [0, 0.1) is 0 Å². The smallest absolute Gasteiger partial charge is 0.394 e. The van der Waals surface area contributed by atoms with Gasteiger partial charge in [0.05, 0.1) is 6.61 Å². The van der Waals surface area contributed by atoms with E-state index in [9.17, 15) is 24.6 Å². The number of nitrogens with one attached hydrogen (secondary N) is 1. The molecule has 0 bridgehead atoms. The van der Waals surface area contributed by atoms with Gasteiger partial charge in [0, 0.05) is 19.1 Å². The van der Waals surface area contributed by atoms with Crippen molar-refractivity contribution < 1.29 is 34.4 Å². The number of aliphatic hydroxyl groups is 2. The number of likely N-dealkylation sites (tertiary alicyclic amines) is 1. The minimum absolute atomic E-state index is 0.155. The van der Waals surface area contributed by atoms with E-state index in [0.717, 1.165) is 51.4 Å². The van der Waals surface area contributed by atoms with Crippen molar-refractivity contribution in [3.8, 4) is 0 Å². The van der Waals surface area contributed by atoms with Gasteiger partial charge in [0.1, 0.15) is 6.10 Å². The number of nitrogens with zero attached hydrogens (tertiary/aromatic N) is 1. The Bertz CT molecular complexity index is 688. The van der Waals surface area contributed by atoms with Crippen molar-refractivity contribution in [1.82, 2.24) is 10.2 Å². The van der Waals surface area contributed by atoms with Crippen molar-refractivity contribution in [2.75, 3.05) is 19.7 Å². The fourth-order valence-corrected chi connectivity index (χ4v) is 5.17. The quantitative estimate of drug-likeness (QED) is 0.0662. The van der Waals surface area contributed by atoms with Gasteiger partial charge in [-0.2, -0.15) is 4.89 Å². The summed E-state index contributed by atoms with van der Waals surface area (Å²) in [6, 6.07) is -0.155. The van der Waals surface area contributed by atoms with Gasteiger partial charge in [0.25, 0.3) is 17.4 Å². The van der Waals surface area contributed by atoms with Crippen LogP contribution in [0.2, 0.25) is 0 Å². The molecule has 3 unspecified atom stereocenters. The molecule has 1 fully saturated rings. The lowest BCUT2D eigenvalue weighted by atomic mass is 9.93. The van der Waals surface area contributed by atoms with Crippen LogP contribution in [0.15, 0.2) is 0 Å². The molecule has 1 heterocycles. The van der Waals surface area contributed by atoms with Gasteiger partial charge in [-0.1, -0.05) is 97.3 Å². The van der Waals surface area contributed by atoms with Crippen LogP contribution in [0.5, 0.6) is 0 Å². The number of piperidine rings is 1. The average molecular weight is 558 g/mol. The van der Waals surface area contributed by atoms with Crippen LogP contribution in [0.3, 0.4) is 0 Å². The van der Waals surface area contributed by atoms with Crippen LogP contribution in [0.4, 0.5) is 4.79 Å². The van der Waals surface area contributed by atoms with Crippen LogP contribution < -0.4 is 11.1 Å². The topological polar surface area (TPSA) is 151 Å². The minimum Gasteiger partial charge on any atom is -0.394 e. The van der Waals surface area contributed by atoms with Gasteiger partial charge < -0.3 is 26.2 Å². The molecule has 0 aromatic rings. The number of nitrogens with two attached hydrogens (primary N) is 1. The van der Waals surface area contributed by atoms with E-state index in [1.54, 1.807) is 0 Å². The number of primary amides is 1. The molecule has 0 aromatic heterocycles. The highest BCUT2D eigenvalue weighted by Gasteiger charge is 2.57. The number of aliphatic hydroxyl groups excluding tert-OH is 2. The maximum absolute atomic E-state index is 13.2. The highest BCUT2D eigenvalue weighted by Crippen LogP contribution is 2.24. The van der Waals surface area contributed by atoms with E-state index >= 15 is 0 Å². The third-order valence-corrected chi connectivity index (χ3v) is 7.58. The molecule has 1 aliphatic heterocycles. The first-order valence-electron chi connectivity index (χ1n) is 15.4. The number of hydrogen-bond acceptors (Lipinski definition) is 7. The van der Waals surface area contributed by atoms with Gasteiger partial charge in [-0.25, -0.2) is 4.79 Å². The maximum atomic E-state index is 13.2. The Morgan fingerprint density at radius 1 is 0.846 bits per heavy atom. The average Bonchev–Trinajstić information content (AvgIpc) is 2.93. The molecule has 39 heavy (non-hydrogen) atoms. The van der Waals surface area contributed by atoms with E-state index in [4.69, 9.17) is 15.5 Å². The lowest BCUT2D eigenvalue weighted by Gasteiger charge is -2.36. The molecule has 0 saturated carbocycles. The molecule has 10 nitrogen and oxygen atoms in total. The van der Waals surface area contributed by atoms with Crippen molar-refractivity contribution in [3.63, 3.8) is 0 Å². The molecule has 0 spiro atoms. The molecule has 3 amide bonds. The van der Waals surface area contributed by atoms with Gasteiger partial charge in [-0.15, -0.1) is 0 Å². The highest BCUT2D eigenvalue weighted by molar-refractivity contribution is 6.08. The zero-order chi connectivity index (χ0) is 28.9. The highest BCUT2D eigenvalue weighted by atomic mass is 17.2. The second-order valence-corrected chi connectivity index (χ2v) is 10.9. The fraction of sp³-hybridized carbons (Fsp3) is 0.897. The van der Waals surface area contributed by atoms with Crippen LogP contribution in [0.1, 0.15) is 129 Å². The summed E-state index contributed by atoms with van der Waals surface area (Å²) in [4.78, 5) is 49.2. The first-order chi connectivity index (χ1) is 18.8. The molecular weight excluding hydrogens is 502 g/mol. The number of rotatable bonds is 22. The normalized spacial score (nSPS) is 16.8. The Hall–Kier alpha value is -1.91. The van der Waals surface area contributed by atoms with Crippen molar-refractivity contribution in [1.29, 1.82) is 0 Å². The SMILES string of the molecule is CCCCCCCCCCCCCCC(CCC)NC(=O)OOC(C(N)=O)(C(=O)N1CCCCC1)C(O)CO. The molecule has 0 radical (unpaired) electrons. The summed E-state index contributed by atoms with van der Waals surface area (Å²) in [6.07, 6.45) is 16.8. The Morgan fingerprint density at radius 2 is 1.38 bits per heavy atom. The van der Waals surface area contributed by atoms with Crippen LogP contribution >= 0.6 is 0 Å². The first-order valence-corrected chi connectivity index (χ1v) is 15.4. The van der Waals surface area contributed by atoms with E-state index in [1.165, 1.54) is 69.1 Å². The van der Waals surface area contributed by atoms with E-state index in [1.807, 2.05) is 6.92 Å². The Morgan fingerprint density at radius 3 is 1.87 bits per heavy atom. The summed E-state index contributed by atoms with van der Waals surface area (Å²) in [5, 5.41) is 22.6. The summed E-state index contributed by atoms with van der Waals surface area (Å²) < 4.78 is 0. The second-order valence-electron chi connectivity index (χ2n) is 10.9. The summed E-state index contributed by atoms with van der Waals surface area (Å²) in [6.45, 7) is 3.97. The van der Waals surface area contributed by atoms with E-state index in [0.29, 0.717) is 13.1 Å². The Kier molecular flexibility index (Phi) is 18.8. The molecule has 228 valence electrons. The van der Waals surface area contributed by atoms with Crippen molar-refractivity contribution in [3.05, 3.63) is 0 Å². The monoisotopic (exact) mass is 557 g/mol. The van der Waals surface area contributed by atoms with Crippen LogP contribution in [-0.4, -0.2) is 70.5 Å². The predicted molar refractivity (Wildman–Crippen MR) is 151 cm³/mol. The number of unbranched alkanes of at least 4 members (excludes halogenated alkanes) is 11. The number of carbonyl (C=O) groups excluding carboxylic acids is 3. The first kappa shape index (κ1) is 35.1. The summed E-state index contributed by atoms with van der Waals surface area (Å²) >= 11 is 0. The van der Waals surface area contributed by atoms with E-state index in [-0.39, 0.29) is 6.04 Å². The third-order valence-electron chi connectivity index (χ3n) is 7.58. The zero-order valence-corrected chi connectivity index (χ0v) is 24.5. The molecular formula is C29H55N3O7. The van der Waals surface area contributed by atoms with Gasteiger partial charge in [0.2, 0.25) is 0 Å². The molecule has 10 heteroatoms. The zero-order valence-electron chi connectivity index (χ0n) is 24.5. The van der Waals surface area contributed by atoms with Gasteiger partial charge in [0.15, 0.2) is 0 Å². The summed E-state index contributed by atoms with van der Waals surface area (Å²) in [5.74, 6) is -2.26.